The van der Waals surface area contributed by atoms with Crippen molar-refractivity contribution in [1.82, 2.24) is 0 Å². The van der Waals surface area contributed by atoms with Crippen LogP contribution in [0.1, 0.15) is 0 Å². The monoisotopic (exact) mass is 260 g/mol. The van der Waals surface area contributed by atoms with Crippen LogP contribution in [0, 0.1) is 0 Å². The molecule has 0 heterocycles. The molecule has 0 radical (unpaired) electrons. The minimum atomic E-state index is -5.03. The van der Waals surface area contributed by atoms with Crippen molar-refractivity contribution in [1.29, 1.82) is 0 Å². The molecule has 5 N–H and O–H groups in total. The Morgan fingerprint density at radius 1 is 1.18 bits per heavy atom. The second kappa shape index (κ2) is 7.43. The number of aliphatic hydroxyl groups excluding tert-OH is 1. The Morgan fingerprint density at radius 3 is 2.18 bits per heavy atom. The van der Waals surface area contributed by atoms with Gasteiger partial charge in [0.25, 0.3) is 0 Å². The standard InChI is InChI=1S/C8H15F3N2O4/c9-8(10,11)7(15)17-4-6(13)3-16-2-5(12)1-14/h5-6,14H,1-4,12-13H2/t5-,6-/m0/s1. The van der Waals surface area contributed by atoms with Gasteiger partial charge in [-0.05, 0) is 0 Å². The van der Waals surface area contributed by atoms with Crippen molar-refractivity contribution in [3.63, 3.8) is 0 Å². The second-order valence-electron chi connectivity index (χ2n) is 3.34. The van der Waals surface area contributed by atoms with E-state index in [1.54, 1.807) is 0 Å². The van der Waals surface area contributed by atoms with Crippen molar-refractivity contribution in [3.05, 3.63) is 0 Å². The van der Waals surface area contributed by atoms with Gasteiger partial charge in [-0.2, -0.15) is 13.2 Å². The van der Waals surface area contributed by atoms with Gasteiger partial charge < -0.3 is 26.0 Å². The minimum Gasteiger partial charge on any atom is -0.457 e. The molecule has 0 saturated heterocycles. The predicted molar refractivity (Wildman–Crippen MR) is 50.9 cm³/mol. The first-order valence-electron chi connectivity index (χ1n) is 4.71. The number of nitrogens with two attached hydrogens (primary N) is 2. The molecular formula is C8H15F3N2O4. The molecule has 0 aromatic carbocycles. The lowest BCUT2D eigenvalue weighted by Crippen LogP contribution is -2.38. The number of hydrogen-bond acceptors (Lipinski definition) is 6. The summed E-state index contributed by atoms with van der Waals surface area (Å²) in [5.74, 6) is -2.29. The van der Waals surface area contributed by atoms with Crippen LogP contribution in [-0.4, -0.2) is 55.8 Å². The van der Waals surface area contributed by atoms with Crippen molar-refractivity contribution >= 4 is 5.97 Å². The third kappa shape index (κ3) is 7.91. The first-order chi connectivity index (χ1) is 7.77. The van der Waals surface area contributed by atoms with Gasteiger partial charge in [0, 0.05) is 0 Å². The van der Waals surface area contributed by atoms with Crippen LogP contribution in [0.2, 0.25) is 0 Å². The minimum absolute atomic E-state index is 0.0113. The molecule has 102 valence electrons. The van der Waals surface area contributed by atoms with E-state index in [0.717, 1.165) is 0 Å². The highest BCUT2D eigenvalue weighted by atomic mass is 19.4. The van der Waals surface area contributed by atoms with E-state index < -0.39 is 30.8 Å². The Bertz CT molecular complexity index is 237. The van der Waals surface area contributed by atoms with Crippen LogP contribution in [0.4, 0.5) is 13.2 Å². The molecule has 6 nitrogen and oxygen atoms in total. The number of carbonyl (C=O) groups is 1. The van der Waals surface area contributed by atoms with E-state index >= 15 is 0 Å². The molecule has 0 fully saturated rings. The fraction of sp³-hybridized carbons (Fsp3) is 0.875. The van der Waals surface area contributed by atoms with Crippen LogP contribution in [0.15, 0.2) is 0 Å². The molecule has 9 heteroatoms. The summed E-state index contributed by atoms with van der Waals surface area (Å²) in [6.07, 6.45) is -5.03. The van der Waals surface area contributed by atoms with E-state index in [9.17, 15) is 18.0 Å². The summed E-state index contributed by atoms with van der Waals surface area (Å²) < 4.78 is 43.9. The van der Waals surface area contributed by atoms with Gasteiger partial charge in [0.1, 0.15) is 6.61 Å². The van der Waals surface area contributed by atoms with Crippen LogP contribution < -0.4 is 11.5 Å². The van der Waals surface area contributed by atoms with Gasteiger partial charge in [0.2, 0.25) is 0 Å². The molecule has 0 rings (SSSR count). The molecule has 0 aliphatic heterocycles. The molecule has 0 aromatic rings. The number of rotatable bonds is 7. The molecule has 0 unspecified atom stereocenters. The highest BCUT2D eigenvalue weighted by Crippen LogP contribution is 2.16. The maximum atomic E-state index is 11.7. The van der Waals surface area contributed by atoms with Crippen molar-refractivity contribution in [2.45, 2.75) is 18.3 Å². The van der Waals surface area contributed by atoms with Gasteiger partial charge in [0.05, 0.1) is 31.9 Å². The van der Waals surface area contributed by atoms with E-state index in [-0.39, 0.29) is 19.8 Å². The van der Waals surface area contributed by atoms with Crippen LogP contribution in [0.5, 0.6) is 0 Å². The van der Waals surface area contributed by atoms with Crippen LogP contribution >= 0.6 is 0 Å². The van der Waals surface area contributed by atoms with Gasteiger partial charge in [-0.25, -0.2) is 4.79 Å². The number of ether oxygens (including phenoxy) is 2. The molecule has 0 aromatic heterocycles. The molecule has 17 heavy (non-hydrogen) atoms. The first kappa shape index (κ1) is 16.1. The first-order valence-corrected chi connectivity index (χ1v) is 4.71. The zero-order valence-corrected chi connectivity index (χ0v) is 8.94. The largest absolute Gasteiger partial charge is 0.490 e. The fourth-order valence-corrected chi connectivity index (χ4v) is 0.736. The van der Waals surface area contributed by atoms with E-state index in [1.807, 2.05) is 0 Å². The van der Waals surface area contributed by atoms with Crippen LogP contribution in [-0.2, 0) is 14.3 Å². The maximum absolute atomic E-state index is 11.7. The molecule has 0 aliphatic carbocycles. The average molecular weight is 260 g/mol. The van der Waals surface area contributed by atoms with Crippen molar-refractivity contribution in [2.24, 2.45) is 11.5 Å². The Labute approximate surface area is 95.7 Å². The van der Waals surface area contributed by atoms with Crippen molar-refractivity contribution in [3.8, 4) is 0 Å². The molecule has 0 spiro atoms. The smallest absolute Gasteiger partial charge is 0.457 e. The number of alkyl halides is 3. The molecular weight excluding hydrogens is 245 g/mol. The van der Waals surface area contributed by atoms with E-state index in [1.165, 1.54) is 0 Å². The number of aliphatic hydroxyl groups is 1. The summed E-state index contributed by atoms with van der Waals surface area (Å²) in [5.41, 5.74) is 10.6. The molecule has 0 aliphatic rings. The fourth-order valence-electron chi connectivity index (χ4n) is 0.736. The zero-order chi connectivity index (χ0) is 13.5. The third-order valence-electron chi connectivity index (χ3n) is 1.56. The molecule has 0 saturated carbocycles. The quantitative estimate of drug-likeness (QED) is 0.494. The highest BCUT2D eigenvalue weighted by Gasteiger charge is 2.41. The number of halogens is 3. The SMILES string of the molecule is N[C@@H](CO)COC[C@H](N)COC(=O)C(F)(F)F. The Balaban J connectivity index is 3.67. The molecule has 0 amide bonds. The second-order valence-corrected chi connectivity index (χ2v) is 3.34. The maximum Gasteiger partial charge on any atom is 0.490 e. The summed E-state index contributed by atoms with van der Waals surface area (Å²) in [6, 6.07) is -1.47. The van der Waals surface area contributed by atoms with E-state index in [2.05, 4.69) is 4.74 Å². The van der Waals surface area contributed by atoms with Gasteiger partial charge in [-0.15, -0.1) is 0 Å². The van der Waals surface area contributed by atoms with Crippen LogP contribution in [0.25, 0.3) is 0 Å². The summed E-state index contributed by atoms with van der Waals surface area (Å²) in [6.45, 7) is -0.999. The normalized spacial score (nSPS) is 15.4. The molecule has 0 bridgehead atoms. The highest BCUT2D eigenvalue weighted by molar-refractivity contribution is 5.75. The summed E-state index contributed by atoms with van der Waals surface area (Å²) in [4.78, 5) is 10.3. The number of esters is 1. The summed E-state index contributed by atoms with van der Waals surface area (Å²) in [5, 5.41) is 8.54. The van der Waals surface area contributed by atoms with Gasteiger partial charge in [-0.1, -0.05) is 0 Å². The van der Waals surface area contributed by atoms with Gasteiger partial charge >= 0.3 is 12.1 Å². The molecule has 2 atom stereocenters. The van der Waals surface area contributed by atoms with Crippen LogP contribution in [0.3, 0.4) is 0 Å². The Hall–Kier alpha value is -0.900. The zero-order valence-electron chi connectivity index (χ0n) is 8.94. The third-order valence-corrected chi connectivity index (χ3v) is 1.56. The lowest BCUT2D eigenvalue weighted by Gasteiger charge is -2.15. The number of carbonyl (C=O) groups excluding carboxylic acids is 1. The van der Waals surface area contributed by atoms with Crippen molar-refractivity contribution in [2.75, 3.05) is 26.4 Å². The summed E-state index contributed by atoms with van der Waals surface area (Å²) >= 11 is 0. The topological polar surface area (TPSA) is 108 Å². The predicted octanol–water partition coefficient (Wildman–Crippen LogP) is -1.24. The average Bonchev–Trinajstić information content (AvgIpc) is 2.24. The Morgan fingerprint density at radius 2 is 1.71 bits per heavy atom. The van der Waals surface area contributed by atoms with Gasteiger partial charge in [0.15, 0.2) is 0 Å². The Kier molecular flexibility index (Phi) is 7.04. The van der Waals surface area contributed by atoms with E-state index in [4.69, 9.17) is 21.3 Å². The summed E-state index contributed by atoms with van der Waals surface area (Å²) in [7, 11) is 0. The lowest BCUT2D eigenvalue weighted by atomic mass is 10.3. The van der Waals surface area contributed by atoms with Crippen molar-refractivity contribution < 1.29 is 32.5 Å². The lowest BCUT2D eigenvalue weighted by molar-refractivity contribution is -0.200. The van der Waals surface area contributed by atoms with Gasteiger partial charge in [-0.3, -0.25) is 0 Å². The number of hydrogen-bond donors (Lipinski definition) is 3. The van der Waals surface area contributed by atoms with E-state index in [0.29, 0.717) is 0 Å².